The number of fused-ring (bicyclic) bond motifs is 1. The average Bonchev–Trinajstić information content (AvgIpc) is 2.93. The number of halogens is 1. The van der Waals surface area contributed by atoms with Gasteiger partial charge in [-0.2, -0.15) is 9.97 Å². The SMILES string of the molecule is Clc1nc(-c2ccccc2)nc(-c2ccc3cc(-c4cccc(-c5ccccc5)c4)ccc3c2)n1. The van der Waals surface area contributed by atoms with Gasteiger partial charge in [-0.05, 0) is 62.8 Å². The zero-order chi connectivity index (χ0) is 23.6. The van der Waals surface area contributed by atoms with Crippen LogP contribution in [0.4, 0.5) is 0 Å². The Kier molecular flexibility index (Phi) is 5.53. The molecule has 6 aromatic rings. The lowest BCUT2D eigenvalue weighted by atomic mass is 9.97. The Labute approximate surface area is 208 Å². The fourth-order valence-electron chi connectivity index (χ4n) is 4.27. The molecule has 0 unspecified atom stereocenters. The van der Waals surface area contributed by atoms with Crippen molar-refractivity contribution in [3.8, 4) is 45.0 Å². The summed E-state index contributed by atoms with van der Waals surface area (Å²) in [7, 11) is 0. The Hall–Kier alpha value is -4.34. The highest BCUT2D eigenvalue weighted by Crippen LogP contribution is 2.30. The molecule has 1 heterocycles. The van der Waals surface area contributed by atoms with Gasteiger partial charge in [0.25, 0.3) is 0 Å². The molecule has 3 nitrogen and oxygen atoms in total. The standard InChI is InChI=1S/C31H20ClN3/c32-31-34-29(22-10-5-2-6-11-22)33-30(35-31)28-17-16-26-19-25(14-15-27(26)20-28)24-13-7-12-23(18-24)21-8-3-1-4-9-21/h1-20H. The Balaban J connectivity index is 1.36. The second-order valence-corrected chi connectivity index (χ2v) is 8.68. The third-order valence-electron chi connectivity index (χ3n) is 6.04. The molecular weight excluding hydrogens is 450 g/mol. The Morgan fingerprint density at radius 1 is 0.371 bits per heavy atom. The highest BCUT2D eigenvalue weighted by Gasteiger charge is 2.10. The molecule has 0 saturated heterocycles. The van der Waals surface area contributed by atoms with E-state index in [1.807, 2.05) is 42.5 Å². The van der Waals surface area contributed by atoms with Crippen molar-refractivity contribution in [3.63, 3.8) is 0 Å². The van der Waals surface area contributed by atoms with E-state index in [1.54, 1.807) is 0 Å². The van der Waals surface area contributed by atoms with E-state index in [1.165, 1.54) is 22.3 Å². The molecule has 0 radical (unpaired) electrons. The molecule has 35 heavy (non-hydrogen) atoms. The van der Waals surface area contributed by atoms with Gasteiger partial charge in [0, 0.05) is 11.1 Å². The lowest BCUT2D eigenvalue weighted by molar-refractivity contribution is 1.07. The predicted molar refractivity (Wildman–Crippen MR) is 144 cm³/mol. The summed E-state index contributed by atoms with van der Waals surface area (Å²) in [5.41, 5.74) is 6.59. The van der Waals surface area contributed by atoms with E-state index in [0.717, 1.165) is 21.9 Å². The zero-order valence-corrected chi connectivity index (χ0v) is 19.5. The van der Waals surface area contributed by atoms with Gasteiger partial charge in [0.15, 0.2) is 11.6 Å². The van der Waals surface area contributed by atoms with Crippen molar-refractivity contribution >= 4 is 22.4 Å². The Morgan fingerprint density at radius 2 is 0.857 bits per heavy atom. The van der Waals surface area contributed by atoms with Crippen LogP contribution in [0.3, 0.4) is 0 Å². The van der Waals surface area contributed by atoms with E-state index in [2.05, 4.69) is 93.8 Å². The minimum atomic E-state index is 0.183. The Morgan fingerprint density at radius 3 is 1.54 bits per heavy atom. The minimum Gasteiger partial charge on any atom is -0.208 e. The van der Waals surface area contributed by atoms with Gasteiger partial charge in [0.1, 0.15) is 0 Å². The summed E-state index contributed by atoms with van der Waals surface area (Å²) in [5, 5.41) is 2.45. The first-order valence-electron chi connectivity index (χ1n) is 11.4. The van der Waals surface area contributed by atoms with Gasteiger partial charge in [-0.25, -0.2) is 4.98 Å². The molecule has 0 aliphatic rings. The first kappa shape index (κ1) is 21.2. The van der Waals surface area contributed by atoms with Crippen LogP contribution in [0, 0.1) is 0 Å². The summed E-state index contributed by atoms with van der Waals surface area (Å²) in [6.07, 6.45) is 0. The van der Waals surface area contributed by atoms with Crippen LogP contribution in [-0.2, 0) is 0 Å². The average molecular weight is 470 g/mol. The second-order valence-electron chi connectivity index (χ2n) is 8.34. The van der Waals surface area contributed by atoms with Gasteiger partial charge >= 0.3 is 0 Å². The van der Waals surface area contributed by atoms with Crippen molar-refractivity contribution in [1.82, 2.24) is 15.0 Å². The van der Waals surface area contributed by atoms with Gasteiger partial charge in [-0.1, -0.05) is 103 Å². The third kappa shape index (κ3) is 4.42. The molecule has 0 N–H and O–H groups in total. The van der Waals surface area contributed by atoms with E-state index in [4.69, 9.17) is 11.6 Å². The van der Waals surface area contributed by atoms with Gasteiger partial charge < -0.3 is 0 Å². The normalized spacial score (nSPS) is 11.0. The summed E-state index contributed by atoms with van der Waals surface area (Å²) >= 11 is 6.25. The molecule has 0 saturated carbocycles. The van der Waals surface area contributed by atoms with Crippen LogP contribution in [0.1, 0.15) is 0 Å². The number of nitrogens with zero attached hydrogens (tertiary/aromatic N) is 3. The molecule has 0 amide bonds. The number of aromatic nitrogens is 3. The van der Waals surface area contributed by atoms with Crippen molar-refractivity contribution in [2.45, 2.75) is 0 Å². The molecule has 0 aliphatic heterocycles. The molecule has 0 atom stereocenters. The van der Waals surface area contributed by atoms with Gasteiger partial charge in [0.05, 0.1) is 0 Å². The van der Waals surface area contributed by atoms with Gasteiger partial charge in [-0.15, -0.1) is 0 Å². The predicted octanol–water partition coefficient (Wildman–Crippen LogP) is 8.35. The van der Waals surface area contributed by atoms with E-state index >= 15 is 0 Å². The van der Waals surface area contributed by atoms with Crippen molar-refractivity contribution in [2.75, 3.05) is 0 Å². The minimum absolute atomic E-state index is 0.183. The van der Waals surface area contributed by atoms with Gasteiger partial charge in [0.2, 0.25) is 5.28 Å². The first-order valence-corrected chi connectivity index (χ1v) is 11.8. The lowest BCUT2D eigenvalue weighted by Crippen LogP contribution is -1.97. The summed E-state index contributed by atoms with van der Waals surface area (Å²) < 4.78 is 0. The molecule has 6 rings (SSSR count). The van der Waals surface area contributed by atoms with Crippen LogP contribution in [0.2, 0.25) is 5.28 Å². The number of hydrogen-bond donors (Lipinski definition) is 0. The van der Waals surface area contributed by atoms with E-state index in [-0.39, 0.29) is 5.28 Å². The molecule has 5 aromatic carbocycles. The molecule has 0 aliphatic carbocycles. The maximum atomic E-state index is 6.25. The third-order valence-corrected chi connectivity index (χ3v) is 6.21. The largest absolute Gasteiger partial charge is 0.226 e. The number of benzene rings is 5. The molecule has 0 bridgehead atoms. The van der Waals surface area contributed by atoms with Crippen molar-refractivity contribution < 1.29 is 0 Å². The first-order chi connectivity index (χ1) is 17.2. The smallest absolute Gasteiger partial charge is 0.208 e. The molecule has 1 aromatic heterocycles. The number of hydrogen-bond acceptors (Lipinski definition) is 3. The van der Waals surface area contributed by atoms with Crippen LogP contribution in [0.5, 0.6) is 0 Å². The molecule has 166 valence electrons. The van der Waals surface area contributed by atoms with Crippen molar-refractivity contribution in [2.24, 2.45) is 0 Å². The van der Waals surface area contributed by atoms with E-state index in [9.17, 15) is 0 Å². The van der Waals surface area contributed by atoms with Crippen molar-refractivity contribution in [3.05, 3.63) is 127 Å². The fraction of sp³-hybridized carbons (Fsp3) is 0. The lowest BCUT2D eigenvalue weighted by Gasteiger charge is -2.09. The topological polar surface area (TPSA) is 38.7 Å². The highest BCUT2D eigenvalue weighted by molar-refractivity contribution is 6.28. The highest BCUT2D eigenvalue weighted by atomic mass is 35.5. The summed E-state index contributed by atoms with van der Waals surface area (Å²) in [6, 6.07) is 41.7. The van der Waals surface area contributed by atoms with Crippen LogP contribution in [-0.4, -0.2) is 15.0 Å². The maximum absolute atomic E-state index is 6.25. The Bertz CT molecular complexity index is 1650. The quantitative estimate of drug-likeness (QED) is 0.260. The molecular formula is C31H20ClN3. The zero-order valence-electron chi connectivity index (χ0n) is 18.8. The number of rotatable bonds is 4. The van der Waals surface area contributed by atoms with Gasteiger partial charge in [-0.3, -0.25) is 0 Å². The van der Waals surface area contributed by atoms with Crippen LogP contribution >= 0.6 is 11.6 Å². The molecule has 4 heteroatoms. The van der Waals surface area contributed by atoms with Crippen LogP contribution in [0.15, 0.2) is 121 Å². The molecule has 0 fully saturated rings. The summed E-state index contributed by atoms with van der Waals surface area (Å²) in [5.74, 6) is 1.12. The molecule has 0 spiro atoms. The van der Waals surface area contributed by atoms with Crippen LogP contribution < -0.4 is 0 Å². The second kappa shape index (κ2) is 9.13. The monoisotopic (exact) mass is 469 g/mol. The maximum Gasteiger partial charge on any atom is 0.226 e. The van der Waals surface area contributed by atoms with Crippen LogP contribution in [0.25, 0.3) is 55.8 Å². The van der Waals surface area contributed by atoms with E-state index < -0.39 is 0 Å². The fourth-order valence-corrected chi connectivity index (χ4v) is 4.43. The van der Waals surface area contributed by atoms with E-state index in [0.29, 0.717) is 11.6 Å². The van der Waals surface area contributed by atoms with Crippen molar-refractivity contribution in [1.29, 1.82) is 0 Å². The summed E-state index contributed by atoms with van der Waals surface area (Å²) in [4.78, 5) is 13.4. The summed E-state index contributed by atoms with van der Waals surface area (Å²) in [6.45, 7) is 0.